The van der Waals surface area contributed by atoms with Gasteiger partial charge in [0.05, 0.1) is 7.14 Å². The van der Waals surface area contributed by atoms with Crippen molar-refractivity contribution >= 4 is 7.14 Å². The van der Waals surface area contributed by atoms with Crippen molar-refractivity contribution in [3.63, 3.8) is 0 Å². The fourth-order valence-electron chi connectivity index (χ4n) is 1.87. The van der Waals surface area contributed by atoms with E-state index in [9.17, 15) is 4.57 Å². The van der Waals surface area contributed by atoms with Crippen molar-refractivity contribution < 1.29 is 19.9 Å². The van der Waals surface area contributed by atoms with Gasteiger partial charge in [-0.25, -0.2) is 0 Å². The molecule has 0 saturated heterocycles. The summed E-state index contributed by atoms with van der Waals surface area (Å²) in [6.07, 6.45) is 6.67. The smallest absolute Gasteiger partial charge is 0.0877 e. The average Bonchev–Trinajstić information content (AvgIpc) is 2.30. The fraction of sp³-hybridized carbons (Fsp3) is 1.00. The molecule has 0 aliphatic carbocycles. The minimum Gasteiger partial charge on any atom is -0.396 e. The Morgan fingerprint density at radius 1 is 0.588 bits per heavy atom. The van der Waals surface area contributed by atoms with E-state index in [1.165, 1.54) is 0 Å². The molecule has 0 atom stereocenters. The molecule has 0 amide bonds. The second kappa shape index (κ2) is 11.2. The van der Waals surface area contributed by atoms with Crippen molar-refractivity contribution in [2.45, 2.75) is 38.5 Å². The van der Waals surface area contributed by atoms with Crippen LogP contribution in [0.4, 0.5) is 0 Å². The Morgan fingerprint density at radius 2 is 0.882 bits per heavy atom. The van der Waals surface area contributed by atoms with Gasteiger partial charge in [-0.05, 0) is 38.5 Å². The number of hydrogen-bond acceptors (Lipinski definition) is 4. The predicted octanol–water partition coefficient (Wildman–Crippen LogP) is 1.67. The molecule has 0 aromatic carbocycles. The molecule has 0 radical (unpaired) electrons. The van der Waals surface area contributed by atoms with Crippen LogP contribution in [0.2, 0.25) is 0 Å². The summed E-state index contributed by atoms with van der Waals surface area (Å²) in [6, 6.07) is 0. The van der Waals surface area contributed by atoms with Gasteiger partial charge in [0.2, 0.25) is 0 Å². The van der Waals surface area contributed by atoms with E-state index in [1.54, 1.807) is 0 Å². The number of rotatable bonds is 12. The highest BCUT2D eigenvalue weighted by atomic mass is 31.2. The molecule has 3 N–H and O–H groups in total. The lowest BCUT2D eigenvalue weighted by molar-refractivity contribution is 0.286. The largest absolute Gasteiger partial charge is 0.396 e. The quantitative estimate of drug-likeness (QED) is 0.371. The van der Waals surface area contributed by atoms with E-state index < -0.39 is 7.14 Å². The molecule has 0 fully saturated rings. The van der Waals surface area contributed by atoms with E-state index in [-0.39, 0.29) is 19.8 Å². The zero-order valence-electron chi connectivity index (χ0n) is 10.7. The number of hydrogen-bond donors (Lipinski definition) is 3. The van der Waals surface area contributed by atoms with Gasteiger partial charge in [-0.2, -0.15) is 0 Å². The summed E-state index contributed by atoms with van der Waals surface area (Å²) in [5.74, 6) is 0. The van der Waals surface area contributed by atoms with E-state index in [0.717, 1.165) is 19.3 Å². The van der Waals surface area contributed by atoms with Gasteiger partial charge in [0.25, 0.3) is 0 Å². The van der Waals surface area contributed by atoms with E-state index in [0.29, 0.717) is 37.7 Å². The Morgan fingerprint density at radius 3 is 1.12 bits per heavy atom. The van der Waals surface area contributed by atoms with Crippen LogP contribution in [0.15, 0.2) is 0 Å². The summed E-state index contributed by atoms with van der Waals surface area (Å²) in [7, 11) is -2.14. The molecule has 0 spiro atoms. The number of aliphatic hydroxyl groups is 3. The Balaban J connectivity index is 4.00. The third kappa shape index (κ3) is 9.78. The lowest BCUT2D eigenvalue weighted by Gasteiger charge is -2.18. The highest BCUT2D eigenvalue weighted by Crippen LogP contribution is 2.48. The van der Waals surface area contributed by atoms with E-state index in [2.05, 4.69) is 0 Å². The molecule has 0 rings (SSSR count). The second-order valence-corrected chi connectivity index (χ2v) is 7.98. The molecule has 0 bridgehead atoms. The summed E-state index contributed by atoms with van der Waals surface area (Å²) < 4.78 is 12.6. The van der Waals surface area contributed by atoms with Crippen LogP contribution in [-0.4, -0.2) is 53.6 Å². The van der Waals surface area contributed by atoms with Gasteiger partial charge in [-0.15, -0.1) is 0 Å². The van der Waals surface area contributed by atoms with Crippen molar-refractivity contribution in [1.29, 1.82) is 0 Å². The predicted molar refractivity (Wildman–Crippen MR) is 71.2 cm³/mol. The third-order valence-corrected chi connectivity index (χ3v) is 6.32. The van der Waals surface area contributed by atoms with Gasteiger partial charge in [-0.1, -0.05) is 0 Å². The number of aliphatic hydroxyl groups excluding tert-OH is 3. The van der Waals surface area contributed by atoms with Gasteiger partial charge in [0.1, 0.15) is 0 Å². The summed E-state index contributed by atoms with van der Waals surface area (Å²) in [5, 5.41) is 26.2. The molecule has 0 aromatic rings. The maximum Gasteiger partial charge on any atom is 0.0877 e. The summed E-state index contributed by atoms with van der Waals surface area (Å²) in [6.45, 7) is 0.480. The Hall–Kier alpha value is 0.110. The van der Waals surface area contributed by atoms with Gasteiger partial charge in [-0.3, -0.25) is 0 Å². The van der Waals surface area contributed by atoms with Crippen LogP contribution in [0.3, 0.4) is 0 Å². The van der Waals surface area contributed by atoms with E-state index in [1.807, 2.05) is 0 Å². The highest BCUT2D eigenvalue weighted by Gasteiger charge is 2.20. The van der Waals surface area contributed by atoms with Crippen LogP contribution < -0.4 is 0 Å². The first-order chi connectivity index (χ1) is 8.18. The van der Waals surface area contributed by atoms with Gasteiger partial charge in [0, 0.05) is 38.3 Å². The lowest BCUT2D eigenvalue weighted by Crippen LogP contribution is -2.03. The molecule has 0 saturated carbocycles. The van der Waals surface area contributed by atoms with E-state index >= 15 is 0 Å². The monoisotopic (exact) mass is 266 g/mol. The van der Waals surface area contributed by atoms with E-state index in [4.69, 9.17) is 15.3 Å². The molecule has 5 heteroatoms. The first kappa shape index (κ1) is 17.1. The van der Waals surface area contributed by atoms with Crippen LogP contribution in [0.5, 0.6) is 0 Å². The molecule has 0 heterocycles. The minimum absolute atomic E-state index is 0.160. The van der Waals surface area contributed by atoms with Crippen LogP contribution in [0.1, 0.15) is 38.5 Å². The van der Waals surface area contributed by atoms with Crippen molar-refractivity contribution in [2.75, 3.05) is 38.3 Å². The normalized spacial score (nSPS) is 11.9. The first-order valence-electron chi connectivity index (χ1n) is 6.58. The number of unbranched alkanes of at least 4 members (excludes halogenated alkanes) is 3. The zero-order valence-corrected chi connectivity index (χ0v) is 11.6. The molecule has 0 aliphatic rings. The molecule has 4 nitrogen and oxygen atoms in total. The summed E-state index contributed by atoms with van der Waals surface area (Å²) in [5.41, 5.74) is 0. The second-order valence-electron chi connectivity index (χ2n) is 4.52. The Bertz CT molecular complexity index is 175. The molecule has 0 unspecified atom stereocenters. The standard InChI is InChI=1S/C12H27O4P/c13-7-1-4-10-17(16,11-5-2-8-14)12-6-3-9-15/h13-15H,1-12H2. The van der Waals surface area contributed by atoms with Crippen LogP contribution in [-0.2, 0) is 4.57 Å². The maximum atomic E-state index is 12.6. The third-order valence-electron chi connectivity index (χ3n) is 2.92. The molecule has 0 aromatic heterocycles. The average molecular weight is 266 g/mol. The zero-order chi connectivity index (χ0) is 13.0. The van der Waals surface area contributed by atoms with Gasteiger partial charge >= 0.3 is 0 Å². The summed E-state index contributed by atoms with van der Waals surface area (Å²) >= 11 is 0. The molecule has 17 heavy (non-hydrogen) atoms. The topological polar surface area (TPSA) is 77.8 Å². The van der Waals surface area contributed by atoms with Crippen molar-refractivity contribution in [3.8, 4) is 0 Å². The van der Waals surface area contributed by atoms with Crippen molar-refractivity contribution in [2.24, 2.45) is 0 Å². The van der Waals surface area contributed by atoms with Crippen LogP contribution >= 0.6 is 7.14 Å². The van der Waals surface area contributed by atoms with Crippen molar-refractivity contribution in [1.82, 2.24) is 0 Å². The minimum atomic E-state index is -2.14. The molecular weight excluding hydrogens is 239 g/mol. The van der Waals surface area contributed by atoms with Gasteiger partial charge in [0.15, 0.2) is 0 Å². The SMILES string of the molecule is O=P(CCCCO)(CCCCO)CCCCO. The lowest BCUT2D eigenvalue weighted by atomic mass is 10.3. The summed E-state index contributed by atoms with van der Waals surface area (Å²) in [4.78, 5) is 0. The molecule has 0 aliphatic heterocycles. The molecule has 104 valence electrons. The highest BCUT2D eigenvalue weighted by molar-refractivity contribution is 7.63. The fourth-order valence-corrected chi connectivity index (χ4v) is 4.94. The first-order valence-corrected chi connectivity index (χ1v) is 8.84. The Labute approximate surface area is 104 Å². The van der Waals surface area contributed by atoms with Crippen LogP contribution in [0, 0.1) is 0 Å². The Kier molecular flexibility index (Phi) is 11.3. The van der Waals surface area contributed by atoms with Crippen LogP contribution in [0.25, 0.3) is 0 Å². The maximum absolute atomic E-state index is 12.6. The van der Waals surface area contributed by atoms with Crippen molar-refractivity contribution in [3.05, 3.63) is 0 Å². The van der Waals surface area contributed by atoms with Gasteiger partial charge < -0.3 is 19.9 Å². The molecular formula is C12H27O4P.